The number of carbonyl (C=O) groups is 1. The minimum absolute atomic E-state index is 0.0779. The van der Waals surface area contributed by atoms with Crippen LogP contribution in [-0.4, -0.2) is 41.4 Å². The van der Waals surface area contributed by atoms with Crippen molar-refractivity contribution in [3.05, 3.63) is 23.8 Å². The number of rotatable bonds is 5. The van der Waals surface area contributed by atoms with Crippen LogP contribution >= 0.6 is 11.8 Å². The molecule has 3 N–H and O–H groups in total. The van der Waals surface area contributed by atoms with Gasteiger partial charge in [-0.3, -0.25) is 4.79 Å². The molecule has 0 aromatic heterocycles. The highest BCUT2D eigenvalue weighted by atomic mass is 32.2. The highest BCUT2D eigenvalue weighted by Crippen LogP contribution is 2.21. The molecule has 1 fully saturated rings. The van der Waals surface area contributed by atoms with Crippen LogP contribution in [0, 0.1) is 6.92 Å². The van der Waals surface area contributed by atoms with Crippen LogP contribution in [0.5, 0.6) is 0 Å². The second kappa shape index (κ2) is 7.71. The smallest absolute Gasteiger partial charge is 0.225 e. The fourth-order valence-electron chi connectivity index (χ4n) is 2.53. The van der Waals surface area contributed by atoms with Crippen molar-refractivity contribution in [2.45, 2.75) is 31.9 Å². The third-order valence-corrected chi connectivity index (χ3v) is 5.23. The second-order valence-electron chi connectivity index (χ2n) is 5.57. The molecule has 1 aromatic carbocycles. The maximum absolute atomic E-state index is 12.1. The Balaban J connectivity index is 1.79. The molecule has 1 atom stereocenters. The number of anilines is 2. The average molecular weight is 307 g/mol. The number of amides is 1. The monoisotopic (exact) mass is 307 g/mol. The van der Waals surface area contributed by atoms with Gasteiger partial charge in [-0.05, 0) is 37.1 Å². The molecular weight excluding hydrogens is 282 g/mol. The number of nitrogens with zero attached hydrogens (tertiary/aromatic N) is 1. The molecule has 0 bridgehead atoms. The largest absolute Gasteiger partial charge is 0.399 e. The molecule has 0 spiro atoms. The quantitative estimate of drug-likeness (QED) is 0.821. The van der Waals surface area contributed by atoms with Gasteiger partial charge >= 0.3 is 0 Å². The van der Waals surface area contributed by atoms with Crippen molar-refractivity contribution in [3.63, 3.8) is 0 Å². The zero-order valence-electron chi connectivity index (χ0n) is 12.9. The molecule has 1 heterocycles. The zero-order valence-corrected chi connectivity index (χ0v) is 13.7. The molecule has 21 heavy (non-hydrogen) atoms. The van der Waals surface area contributed by atoms with Gasteiger partial charge in [0.15, 0.2) is 0 Å². The lowest BCUT2D eigenvalue weighted by molar-refractivity contribution is -0.116. The number of benzene rings is 1. The highest BCUT2D eigenvalue weighted by Gasteiger charge is 2.19. The van der Waals surface area contributed by atoms with Crippen molar-refractivity contribution in [1.82, 2.24) is 4.90 Å². The van der Waals surface area contributed by atoms with Crippen molar-refractivity contribution in [2.75, 3.05) is 36.4 Å². The Morgan fingerprint density at radius 3 is 3.05 bits per heavy atom. The first-order valence-corrected chi connectivity index (χ1v) is 8.63. The summed E-state index contributed by atoms with van der Waals surface area (Å²) in [6.07, 6.45) is 1.75. The molecule has 2 rings (SSSR count). The van der Waals surface area contributed by atoms with Gasteiger partial charge in [0.05, 0.1) is 0 Å². The lowest BCUT2D eigenvalue weighted by atomic mass is 10.1. The summed E-state index contributed by atoms with van der Waals surface area (Å²) in [7, 11) is 0. The fraction of sp³-hybridized carbons (Fsp3) is 0.562. The summed E-state index contributed by atoms with van der Waals surface area (Å²) in [5.74, 6) is 1.26. The van der Waals surface area contributed by atoms with E-state index in [-0.39, 0.29) is 5.91 Å². The first kappa shape index (κ1) is 16.2. The summed E-state index contributed by atoms with van der Waals surface area (Å²) < 4.78 is 0. The molecule has 1 amide bonds. The van der Waals surface area contributed by atoms with Crippen LogP contribution in [0.1, 0.15) is 25.3 Å². The van der Waals surface area contributed by atoms with E-state index in [4.69, 9.17) is 5.73 Å². The Morgan fingerprint density at radius 2 is 2.33 bits per heavy atom. The predicted octanol–water partition coefficient (Wildman–Crippen LogP) is 2.73. The van der Waals surface area contributed by atoms with E-state index in [1.54, 1.807) is 0 Å². The van der Waals surface area contributed by atoms with Gasteiger partial charge in [-0.15, -0.1) is 0 Å². The highest BCUT2D eigenvalue weighted by molar-refractivity contribution is 8.00. The van der Waals surface area contributed by atoms with Crippen LogP contribution in [0.25, 0.3) is 0 Å². The van der Waals surface area contributed by atoms with Crippen molar-refractivity contribution in [3.8, 4) is 0 Å². The molecule has 1 aliphatic heterocycles. The number of nitrogens with one attached hydrogen (secondary N) is 1. The second-order valence-corrected chi connectivity index (χ2v) is 6.98. The molecule has 1 saturated heterocycles. The molecule has 0 radical (unpaired) electrons. The molecule has 0 saturated carbocycles. The molecule has 4 nitrogen and oxygen atoms in total. The SMILES string of the molecule is CCC1CN(CCC(=O)Nc2ccc(N)cc2C)CCS1. The predicted molar refractivity (Wildman–Crippen MR) is 91.8 cm³/mol. The van der Waals surface area contributed by atoms with E-state index in [1.807, 2.05) is 25.1 Å². The lowest BCUT2D eigenvalue weighted by Crippen LogP contribution is -2.39. The van der Waals surface area contributed by atoms with Crippen LogP contribution in [-0.2, 0) is 4.79 Å². The van der Waals surface area contributed by atoms with Gasteiger partial charge in [-0.2, -0.15) is 11.8 Å². The third-order valence-electron chi connectivity index (χ3n) is 3.86. The van der Waals surface area contributed by atoms with Crippen molar-refractivity contribution in [2.24, 2.45) is 0 Å². The van der Waals surface area contributed by atoms with E-state index in [1.165, 1.54) is 12.2 Å². The molecule has 0 aliphatic carbocycles. The number of hydrogen-bond donors (Lipinski definition) is 2. The Hall–Kier alpha value is -1.20. The number of thioether (sulfide) groups is 1. The van der Waals surface area contributed by atoms with E-state index in [9.17, 15) is 4.79 Å². The van der Waals surface area contributed by atoms with Crippen molar-refractivity contribution >= 4 is 29.0 Å². The van der Waals surface area contributed by atoms with Gasteiger partial charge in [-0.25, -0.2) is 0 Å². The maximum Gasteiger partial charge on any atom is 0.225 e. The number of aryl methyl sites for hydroxylation is 1. The lowest BCUT2D eigenvalue weighted by Gasteiger charge is -2.31. The van der Waals surface area contributed by atoms with Crippen molar-refractivity contribution < 1.29 is 4.79 Å². The van der Waals surface area contributed by atoms with E-state index in [0.717, 1.165) is 41.8 Å². The number of hydrogen-bond acceptors (Lipinski definition) is 4. The summed E-state index contributed by atoms with van der Waals surface area (Å²) in [6, 6.07) is 5.56. The Labute approximate surface area is 131 Å². The molecule has 1 aliphatic rings. The van der Waals surface area contributed by atoms with Gasteiger partial charge in [0, 0.05) is 48.4 Å². The number of carbonyl (C=O) groups excluding carboxylic acids is 1. The van der Waals surface area contributed by atoms with Crippen LogP contribution in [0.2, 0.25) is 0 Å². The molecular formula is C16H25N3OS. The third kappa shape index (κ3) is 4.93. The van der Waals surface area contributed by atoms with Gasteiger partial charge < -0.3 is 16.0 Å². The topological polar surface area (TPSA) is 58.4 Å². The molecule has 116 valence electrons. The zero-order chi connectivity index (χ0) is 15.2. The Kier molecular flexibility index (Phi) is 5.94. The molecule has 5 heteroatoms. The summed E-state index contributed by atoms with van der Waals surface area (Å²) >= 11 is 2.05. The van der Waals surface area contributed by atoms with Gasteiger partial charge in [0.25, 0.3) is 0 Å². The minimum Gasteiger partial charge on any atom is -0.399 e. The maximum atomic E-state index is 12.1. The first-order chi connectivity index (χ1) is 10.1. The van der Waals surface area contributed by atoms with E-state index in [0.29, 0.717) is 6.42 Å². The van der Waals surface area contributed by atoms with E-state index < -0.39 is 0 Å². The summed E-state index contributed by atoms with van der Waals surface area (Å²) in [5.41, 5.74) is 8.30. The van der Waals surface area contributed by atoms with Crippen molar-refractivity contribution in [1.29, 1.82) is 0 Å². The van der Waals surface area contributed by atoms with E-state index in [2.05, 4.69) is 28.9 Å². The first-order valence-electron chi connectivity index (χ1n) is 7.58. The Bertz CT molecular complexity index is 492. The van der Waals surface area contributed by atoms with Crippen LogP contribution in [0.15, 0.2) is 18.2 Å². The van der Waals surface area contributed by atoms with Gasteiger partial charge in [0.1, 0.15) is 0 Å². The standard InChI is InChI=1S/C16H25N3OS/c1-3-14-11-19(8-9-21-14)7-6-16(20)18-15-5-4-13(17)10-12(15)2/h4-5,10,14H,3,6-9,11,17H2,1-2H3,(H,18,20). The van der Waals surface area contributed by atoms with Gasteiger partial charge in [-0.1, -0.05) is 6.92 Å². The Morgan fingerprint density at radius 1 is 1.52 bits per heavy atom. The number of nitrogens with two attached hydrogens (primary N) is 1. The number of nitrogen functional groups attached to an aromatic ring is 1. The van der Waals surface area contributed by atoms with E-state index >= 15 is 0 Å². The van der Waals surface area contributed by atoms with Gasteiger partial charge in [0.2, 0.25) is 5.91 Å². The normalized spacial score (nSPS) is 19.4. The molecule has 1 unspecified atom stereocenters. The molecule has 1 aromatic rings. The van der Waals surface area contributed by atoms with Crippen LogP contribution in [0.4, 0.5) is 11.4 Å². The average Bonchev–Trinajstić information content (AvgIpc) is 2.48. The van der Waals surface area contributed by atoms with Crippen LogP contribution in [0.3, 0.4) is 0 Å². The summed E-state index contributed by atoms with van der Waals surface area (Å²) in [6.45, 7) is 7.24. The fourth-order valence-corrected chi connectivity index (χ4v) is 3.78. The summed E-state index contributed by atoms with van der Waals surface area (Å²) in [5, 5.41) is 3.70. The van der Waals surface area contributed by atoms with Crippen LogP contribution < -0.4 is 11.1 Å². The summed E-state index contributed by atoms with van der Waals surface area (Å²) in [4.78, 5) is 14.5. The minimum atomic E-state index is 0.0779.